The minimum atomic E-state index is 0.114. The van der Waals surface area contributed by atoms with Crippen LogP contribution < -0.4 is 0 Å². The van der Waals surface area contributed by atoms with Gasteiger partial charge in [-0.25, -0.2) is 0 Å². The fourth-order valence-corrected chi connectivity index (χ4v) is 2.06. The van der Waals surface area contributed by atoms with Gasteiger partial charge in [-0.05, 0) is 44.0 Å². The second-order valence-electron chi connectivity index (χ2n) is 4.73. The third-order valence-electron chi connectivity index (χ3n) is 3.28. The zero-order chi connectivity index (χ0) is 12.4. The molecular weight excluding hydrogens is 214 g/mol. The van der Waals surface area contributed by atoms with Gasteiger partial charge in [0.25, 0.3) is 5.91 Å². The number of amides is 1. The van der Waals surface area contributed by atoms with E-state index in [-0.39, 0.29) is 12.0 Å². The lowest BCUT2D eigenvalue weighted by Crippen LogP contribution is -2.44. The third kappa shape index (κ3) is 2.67. The number of rotatable bonds is 1. The van der Waals surface area contributed by atoms with Crippen LogP contribution in [-0.4, -0.2) is 36.6 Å². The lowest BCUT2D eigenvalue weighted by atomic mass is 10.1. The summed E-state index contributed by atoms with van der Waals surface area (Å²) < 4.78 is 5.44. The molecule has 1 amide bonds. The van der Waals surface area contributed by atoms with Crippen LogP contribution in [0.4, 0.5) is 0 Å². The lowest BCUT2D eigenvalue weighted by Gasteiger charge is -2.31. The molecule has 1 aliphatic rings. The summed E-state index contributed by atoms with van der Waals surface area (Å²) in [6, 6.07) is 5.88. The van der Waals surface area contributed by atoms with Gasteiger partial charge < -0.3 is 9.64 Å². The molecule has 0 spiro atoms. The molecule has 0 unspecified atom stereocenters. The van der Waals surface area contributed by atoms with E-state index >= 15 is 0 Å². The van der Waals surface area contributed by atoms with Crippen molar-refractivity contribution in [2.75, 3.05) is 19.7 Å². The molecule has 2 rings (SSSR count). The van der Waals surface area contributed by atoms with Crippen LogP contribution in [0.2, 0.25) is 0 Å². The van der Waals surface area contributed by atoms with E-state index in [2.05, 4.69) is 6.92 Å². The number of ether oxygens (including phenoxy) is 1. The van der Waals surface area contributed by atoms with Gasteiger partial charge in [-0.3, -0.25) is 4.79 Å². The van der Waals surface area contributed by atoms with Gasteiger partial charge >= 0.3 is 0 Å². The second-order valence-corrected chi connectivity index (χ2v) is 4.73. The van der Waals surface area contributed by atoms with Gasteiger partial charge in [0.15, 0.2) is 0 Å². The summed E-state index contributed by atoms with van der Waals surface area (Å²) in [5.41, 5.74) is 3.16. The van der Waals surface area contributed by atoms with Crippen molar-refractivity contribution in [1.82, 2.24) is 4.90 Å². The molecule has 0 bridgehead atoms. The summed E-state index contributed by atoms with van der Waals surface area (Å²) in [5.74, 6) is 0.114. The van der Waals surface area contributed by atoms with E-state index in [1.54, 1.807) is 0 Å². The molecule has 0 radical (unpaired) electrons. The Morgan fingerprint density at radius 2 is 2.12 bits per heavy atom. The Morgan fingerprint density at radius 3 is 2.76 bits per heavy atom. The van der Waals surface area contributed by atoms with Gasteiger partial charge in [0.2, 0.25) is 0 Å². The SMILES string of the molecule is Cc1ccc(C(=O)N2CCO[C@@H](C)C2)cc1C. The molecule has 0 N–H and O–H groups in total. The monoisotopic (exact) mass is 233 g/mol. The Hall–Kier alpha value is -1.35. The number of carbonyl (C=O) groups excluding carboxylic acids is 1. The summed E-state index contributed by atoms with van der Waals surface area (Å²) in [6.07, 6.45) is 0.138. The van der Waals surface area contributed by atoms with Crippen LogP contribution >= 0.6 is 0 Å². The average Bonchev–Trinajstić information content (AvgIpc) is 2.32. The summed E-state index contributed by atoms with van der Waals surface area (Å²) in [6.45, 7) is 8.11. The molecule has 1 aromatic carbocycles. The number of nitrogens with zero attached hydrogens (tertiary/aromatic N) is 1. The standard InChI is InChI=1S/C14H19NO2/c1-10-4-5-13(8-11(10)2)14(16)15-6-7-17-12(3)9-15/h4-5,8,12H,6-7,9H2,1-3H3/t12-/m0/s1. The van der Waals surface area contributed by atoms with Gasteiger partial charge in [-0.2, -0.15) is 0 Å². The van der Waals surface area contributed by atoms with Crippen LogP contribution in [-0.2, 0) is 4.74 Å². The molecule has 17 heavy (non-hydrogen) atoms. The smallest absolute Gasteiger partial charge is 0.254 e. The van der Waals surface area contributed by atoms with Crippen LogP contribution in [0.1, 0.15) is 28.4 Å². The maximum Gasteiger partial charge on any atom is 0.254 e. The Balaban J connectivity index is 2.15. The molecule has 1 saturated heterocycles. The highest BCUT2D eigenvalue weighted by molar-refractivity contribution is 5.94. The maximum atomic E-state index is 12.3. The highest BCUT2D eigenvalue weighted by atomic mass is 16.5. The number of aryl methyl sites for hydroxylation is 2. The van der Waals surface area contributed by atoms with Gasteiger partial charge in [0.1, 0.15) is 0 Å². The van der Waals surface area contributed by atoms with E-state index in [1.807, 2.05) is 36.9 Å². The molecule has 0 saturated carbocycles. The first-order valence-electron chi connectivity index (χ1n) is 6.06. The van der Waals surface area contributed by atoms with Crippen molar-refractivity contribution >= 4 is 5.91 Å². The predicted molar refractivity (Wildman–Crippen MR) is 67.2 cm³/mol. The molecule has 3 nitrogen and oxygen atoms in total. The minimum Gasteiger partial charge on any atom is -0.375 e. The fraction of sp³-hybridized carbons (Fsp3) is 0.500. The normalized spacial score (nSPS) is 20.4. The largest absolute Gasteiger partial charge is 0.375 e. The van der Waals surface area contributed by atoms with Crippen LogP contribution in [0.25, 0.3) is 0 Å². The first-order valence-corrected chi connectivity index (χ1v) is 6.06. The van der Waals surface area contributed by atoms with Crippen molar-refractivity contribution < 1.29 is 9.53 Å². The Bertz CT molecular complexity index is 428. The molecule has 1 atom stereocenters. The fourth-order valence-electron chi connectivity index (χ4n) is 2.06. The maximum absolute atomic E-state index is 12.3. The zero-order valence-corrected chi connectivity index (χ0v) is 10.7. The first kappa shape index (κ1) is 12.1. The van der Waals surface area contributed by atoms with Crippen molar-refractivity contribution in [1.29, 1.82) is 0 Å². The van der Waals surface area contributed by atoms with Crippen molar-refractivity contribution in [3.63, 3.8) is 0 Å². The molecule has 1 fully saturated rings. The van der Waals surface area contributed by atoms with E-state index in [9.17, 15) is 4.79 Å². The Morgan fingerprint density at radius 1 is 1.35 bits per heavy atom. The van der Waals surface area contributed by atoms with Gasteiger partial charge in [-0.1, -0.05) is 6.07 Å². The van der Waals surface area contributed by atoms with E-state index < -0.39 is 0 Å². The highest BCUT2D eigenvalue weighted by Gasteiger charge is 2.22. The van der Waals surface area contributed by atoms with Gasteiger partial charge in [0.05, 0.1) is 12.7 Å². The van der Waals surface area contributed by atoms with Gasteiger partial charge in [-0.15, -0.1) is 0 Å². The minimum absolute atomic E-state index is 0.114. The molecule has 1 aliphatic heterocycles. The summed E-state index contributed by atoms with van der Waals surface area (Å²) in [5, 5.41) is 0. The third-order valence-corrected chi connectivity index (χ3v) is 3.28. The zero-order valence-electron chi connectivity index (χ0n) is 10.7. The van der Waals surface area contributed by atoms with E-state index in [0.29, 0.717) is 19.7 Å². The highest BCUT2D eigenvalue weighted by Crippen LogP contribution is 2.14. The summed E-state index contributed by atoms with van der Waals surface area (Å²) >= 11 is 0. The number of hydrogen-bond donors (Lipinski definition) is 0. The number of hydrogen-bond acceptors (Lipinski definition) is 2. The first-order chi connectivity index (χ1) is 8.08. The number of carbonyl (C=O) groups is 1. The number of morpholine rings is 1. The molecule has 1 heterocycles. The number of benzene rings is 1. The van der Waals surface area contributed by atoms with Crippen LogP contribution in [0.3, 0.4) is 0 Å². The molecule has 0 aliphatic carbocycles. The molecular formula is C14H19NO2. The summed E-state index contributed by atoms with van der Waals surface area (Å²) in [4.78, 5) is 14.2. The molecule has 92 valence electrons. The van der Waals surface area contributed by atoms with Crippen molar-refractivity contribution in [2.24, 2.45) is 0 Å². The summed E-state index contributed by atoms with van der Waals surface area (Å²) in [7, 11) is 0. The second kappa shape index (κ2) is 4.88. The van der Waals surface area contributed by atoms with Crippen LogP contribution in [0.5, 0.6) is 0 Å². The van der Waals surface area contributed by atoms with Crippen molar-refractivity contribution in [3.8, 4) is 0 Å². The predicted octanol–water partition coefficient (Wildman–Crippen LogP) is 2.16. The van der Waals surface area contributed by atoms with E-state index in [4.69, 9.17) is 4.74 Å². The van der Waals surface area contributed by atoms with E-state index in [0.717, 1.165) is 11.1 Å². The van der Waals surface area contributed by atoms with Crippen LogP contribution in [0, 0.1) is 13.8 Å². The van der Waals surface area contributed by atoms with E-state index in [1.165, 1.54) is 5.56 Å². The van der Waals surface area contributed by atoms with Crippen molar-refractivity contribution in [3.05, 3.63) is 34.9 Å². The quantitative estimate of drug-likeness (QED) is 0.744. The molecule has 3 heteroatoms. The topological polar surface area (TPSA) is 29.5 Å². The van der Waals surface area contributed by atoms with Gasteiger partial charge in [0, 0.05) is 18.7 Å². The Kier molecular flexibility index (Phi) is 3.48. The van der Waals surface area contributed by atoms with Crippen LogP contribution in [0.15, 0.2) is 18.2 Å². The lowest BCUT2D eigenvalue weighted by molar-refractivity contribution is -0.0124. The van der Waals surface area contributed by atoms with Crippen molar-refractivity contribution in [2.45, 2.75) is 26.9 Å². The Labute approximate surface area is 102 Å². The molecule has 0 aromatic heterocycles. The molecule has 1 aromatic rings. The average molecular weight is 233 g/mol.